The molecule has 35 heavy (non-hydrogen) atoms. The third kappa shape index (κ3) is 3.51. The lowest BCUT2D eigenvalue weighted by Crippen LogP contribution is -2.51. The number of ether oxygens (including phenoxy) is 2. The Bertz CT molecular complexity index is 1420. The first-order chi connectivity index (χ1) is 17.1. The summed E-state index contributed by atoms with van der Waals surface area (Å²) in [5, 5.41) is 0. The van der Waals surface area contributed by atoms with Crippen LogP contribution >= 0.6 is 0 Å². The monoisotopic (exact) mass is 464 g/mol. The van der Waals surface area contributed by atoms with Crippen LogP contribution in [0.5, 0.6) is 0 Å². The predicted molar refractivity (Wildman–Crippen MR) is 128 cm³/mol. The molecule has 0 spiro atoms. The van der Waals surface area contributed by atoms with Gasteiger partial charge in [0.15, 0.2) is 12.2 Å². The minimum absolute atomic E-state index is 0.361. The normalized spacial score (nSPS) is 21.5. The molecule has 172 valence electrons. The molecule has 0 fully saturated rings. The minimum atomic E-state index is -0.889. The van der Waals surface area contributed by atoms with Gasteiger partial charge in [0.05, 0.1) is 23.0 Å². The quantitative estimate of drug-likeness (QED) is 0.355. The molecule has 7 rings (SSSR count). The molecule has 4 aromatic rings. The first-order valence-corrected chi connectivity index (χ1v) is 11.5. The van der Waals surface area contributed by atoms with Gasteiger partial charge in [-0.1, -0.05) is 72.8 Å². The second-order valence-electron chi connectivity index (χ2n) is 8.80. The standard InChI is InChI=1S/C30H21FO4/c31-23-17-9-16-22-24-20-14-7-8-15-21(20)26(25(22)23)28(35-30(33)19-12-5-2-6-13-19)27(24)34-29(32)18-10-3-1-4-11-18/h1-17,24,26-28H/t24-,26-,27?,28?/m1/s1. The maximum atomic E-state index is 15.3. The highest BCUT2D eigenvalue weighted by atomic mass is 19.1. The summed E-state index contributed by atoms with van der Waals surface area (Å²) in [6.07, 6.45) is -1.70. The van der Waals surface area contributed by atoms with Crippen molar-refractivity contribution in [1.82, 2.24) is 0 Å². The third-order valence-corrected chi connectivity index (χ3v) is 6.88. The number of carbonyl (C=O) groups excluding carboxylic acids is 2. The summed E-state index contributed by atoms with van der Waals surface area (Å²) in [4.78, 5) is 26.3. The molecule has 4 atom stereocenters. The van der Waals surface area contributed by atoms with Crippen LogP contribution in [0.3, 0.4) is 0 Å². The summed E-state index contributed by atoms with van der Waals surface area (Å²) < 4.78 is 27.4. The number of esters is 2. The van der Waals surface area contributed by atoms with Gasteiger partial charge in [0, 0.05) is 5.56 Å². The molecule has 0 saturated heterocycles. The van der Waals surface area contributed by atoms with Crippen LogP contribution in [0.15, 0.2) is 103 Å². The Morgan fingerprint density at radius 2 is 1.00 bits per heavy atom. The third-order valence-electron chi connectivity index (χ3n) is 6.88. The van der Waals surface area contributed by atoms with Gasteiger partial charge >= 0.3 is 11.9 Å². The number of hydrogen-bond acceptors (Lipinski definition) is 4. The Hall–Kier alpha value is -4.25. The molecule has 0 aliphatic heterocycles. The van der Waals surface area contributed by atoms with Crippen molar-refractivity contribution in [3.05, 3.63) is 142 Å². The van der Waals surface area contributed by atoms with Gasteiger partial charge in [-0.2, -0.15) is 0 Å². The van der Waals surface area contributed by atoms with Crippen LogP contribution < -0.4 is 0 Å². The van der Waals surface area contributed by atoms with E-state index in [1.807, 2.05) is 42.5 Å². The average Bonchev–Trinajstić information content (AvgIpc) is 2.91. The molecule has 0 radical (unpaired) electrons. The van der Waals surface area contributed by atoms with Crippen molar-refractivity contribution in [2.45, 2.75) is 24.0 Å². The van der Waals surface area contributed by atoms with Gasteiger partial charge < -0.3 is 9.47 Å². The Labute approximate surface area is 201 Å². The van der Waals surface area contributed by atoms with Crippen LogP contribution in [0.4, 0.5) is 4.39 Å². The van der Waals surface area contributed by atoms with Crippen LogP contribution in [0.25, 0.3) is 0 Å². The van der Waals surface area contributed by atoms with Crippen LogP contribution in [-0.4, -0.2) is 24.1 Å². The highest BCUT2D eigenvalue weighted by Crippen LogP contribution is 2.55. The molecule has 3 aliphatic rings. The van der Waals surface area contributed by atoms with Crippen molar-refractivity contribution in [3.8, 4) is 0 Å². The van der Waals surface area contributed by atoms with Crippen molar-refractivity contribution in [2.75, 3.05) is 0 Å². The van der Waals surface area contributed by atoms with Crippen molar-refractivity contribution in [2.24, 2.45) is 0 Å². The first-order valence-electron chi connectivity index (χ1n) is 11.5. The van der Waals surface area contributed by atoms with E-state index in [0.29, 0.717) is 16.7 Å². The number of halogens is 1. The summed E-state index contributed by atoms with van der Waals surface area (Å²) in [7, 11) is 0. The van der Waals surface area contributed by atoms with E-state index in [1.54, 1.807) is 54.6 Å². The van der Waals surface area contributed by atoms with Crippen LogP contribution in [0, 0.1) is 5.82 Å². The smallest absolute Gasteiger partial charge is 0.338 e. The molecule has 4 nitrogen and oxygen atoms in total. The van der Waals surface area contributed by atoms with Crippen LogP contribution in [-0.2, 0) is 9.47 Å². The number of hydrogen-bond donors (Lipinski definition) is 0. The number of fused-ring (bicyclic) bond motifs is 1. The number of rotatable bonds is 4. The van der Waals surface area contributed by atoms with E-state index in [2.05, 4.69) is 0 Å². The maximum Gasteiger partial charge on any atom is 0.338 e. The van der Waals surface area contributed by atoms with E-state index >= 15 is 4.39 Å². The molecule has 4 aromatic carbocycles. The van der Waals surface area contributed by atoms with Gasteiger partial charge in [0.1, 0.15) is 5.82 Å². The molecule has 3 aliphatic carbocycles. The van der Waals surface area contributed by atoms with E-state index in [9.17, 15) is 9.59 Å². The Morgan fingerprint density at radius 1 is 0.543 bits per heavy atom. The molecule has 0 saturated carbocycles. The van der Waals surface area contributed by atoms with E-state index in [-0.39, 0.29) is 5.82 Å². The Balaban J connectivity index is 1.48. The van der Waals surface area contributed by atoms with Gasteiger partial charge in [0.25, 0.3) is 0 Å². The fraction of sp³-hybridized carbons (Fsp3) is 0.133. The summed E-state index contributed by atoms with van der Waals surface area (Å²) in [6, 6.07) is 30.0. The highest BCUT2D eigenvalue weighted by Gasteiger charge is 2.54. The van der Waals surface area contributed by atoms with E-state index in [1.165, 1.54) is 6.07 Å². The van der Waals surface area contributed by atoms with Gasteiger partial charge in [-0.05, 0) is 47.0 Å². The molecule has 0 aromatic heterocycles. The maximum absolute atomic E-state index is 15.3. The predicted octanol–water partition coefficient (Wildman–Crippen LogP) is 5.87. The number of benzene rings is 4. The topological polar surface area (TPSA) is 52.6 Å². The fourth-order valence-electron chi connectivity index (χ4n) is 5.43. The largest absolute Gasteiger partial charge is 0.454 e. The van der Waals surface area contributed by atoms with Gasteiger partial charge in [0.2, 0.25) is 0 Å². The lowest BCUT2D eigenvalue weighted by atomic mass is 9.60. The second-order valence-corrected chi connectivity index (χ2v) is 8.80. The zero-order chi connectivity index (χ0) is 23.9. The molecular formula is C30H21FO4. The van der Waals surface area contributed by atoms with Gasteiger partial charge in [-0.3, -0.25) is 0 Å². The molecule has 5 heteroatoms. The SMILES string of the molecule is O=C(OC1C(OC(=O)c2ccccc2)[C@@H]2c3ccccc3[C@@H]1c1cccc(F)c12)c1ccccc1. The molecule has 2 bridgehead atoms. The van der Waals surface area contributed by atoms with Crippen molar-refractivity contribution in [1.29, 1.82) is 0 Å². The zero-order valence-corrected chi connectivity index (χ0v) is 18.6. The number of carbonyl (C=O) groups is 2. The Kier molecular flexibility index (Phi) is 5.18. The highest BCUT2D eigenvalue weighted by molar-refractivity contribution is 5.90. The van der Waals surface area contributed by atoms with Crippen molar-refractivity contribution >= 4 is 11.9 Å². The van der Waals surface area contributed by atoms with Gasteiger partial charge in [-0.15, -0.1) is 0 Å². The molecule has 2 unspecified atom stereocenters. The molecule has 0 heterocycles. The Morgan fingerprint density at radius 3 is 1.57 bits per heavy atom. The van der Waals surface area contributed by atoms with E-state index in [0.717, 1.165) is 16.7 Å². The minimum Gasteiger partial charge on any atom is -0.454 e. The van der Waals surface area contributed by atoms with Crippen LogP contribution in [0.1, 0.15) is 54.8 Å². The van der Waals surface area contributed by atoms with E-state index < -0.39 is 36.0 Å². The van der Waals surface area contributed by atoms with Crippen molar-refractivity contribution < 1.29 is 23.5 Å². The molecule has 0 N–H and O–H groups in total. The summed E-state index contributed by atoms with van der Waals surface area (Å²) >= 11 is 0. The lowest BCUT2D eigenvalue weighted by Gasteiger charge is -2.49. The van der Waals surface area contributed by atoms with E-state index in [4.69, 9.17) is 9.47 Å². The lowest BCUT2D eigenvalue weighted by molar-refractivity contribution is -0.0562. The van der Waals surface area contributed by atoms with Crippen LogP contribution in [0.2, 0.25) is 0 Å². The average molecular weight is 464 g/mol. The van der Waals surface area contributed by atoms with Gasteiger partial charge in [-0.25, -0.2) is 14.0 Å². The summed E-state index contributed by atoms with van der Waals surface area (Å²) in [6.45, 7) is 0. The van der Waals surface area contributed by atoms with Crippen molar-refractivity contribution in [3.63, 3.8) is 0 Å². The molecular weight excluding hydrogens is 443 g/mol. The summed E-state index contributed by atoms with van der Waals surface area (Å²) in [5.74, 6) is -2.49. The molecule has 0 amide bonds. The zero-order valence-electron chi connectivity index (χ0n) is 18.6. The second kappa shape index (κ2) is 8.51. The summed E-state index contributed by atoms with van der Waals surface area (Å²) in [5.41, 5.74) is 3.86. The first kappa shape index (κ1) is 21.3. The fourth-order valence-corrected chi connectivity index (χ4v) is 5.43.